The van der Waals surface area contributed by atoms with Crippen molar-refractivity contribution in [3.8, 4) is 0 Å². The van der Waals surface area contributed by atoms with Gasteiger partial charge in [0, 0.05) is 12.1 Å². The Balaban J connectivity index is 2.27. The van der Waals surface area contributed by atoms with Crippen LogP contribution in [0.4, 0.5) is 0 Å². The molecule has 1 N–H and O–H groups in total. The fourth-order valence-corrected chi connectivity index (χ4v) is 1.88. The third-order valence-corrected chi connectivity index (χ3v) is 2.94. The van der Waals surface area contributed by atoms with Gasteiger partial charge in [-0.2, -0.15) is 0 Å². The summed E-state index contributed by atoms with van der Waals surface area (Å²) in [4.78, 5) is 0. The zero-order valence-corrected chi connectivity index (χ0v) is 13.1. The summed E-state index contributed by atoms with van der Waals surface area (Å²) in [6, 6.07) is 4.02. The Morgan fingerprint density at radius 1 is 1.26 bits per heavy atom. The summed E-state index contributed by atoms with van der Waals surface area (Å²) in [6.07, 6.45) is 2.44. The number of ether oxygens (including phenoxy) is 1. The lowest BCUT2D eigenvalue weighted by Gasteiger charge is -2.19. The first-order chi connectivity index (χ1) is 8.90. The van der Waals surface area contributed by atoms with Gasteiger partial charge in [0.1, 0.15) is 18.1 Å². The van der Waals surface area contributed by atoms with E-state index in [2.05, 4.69) is 39.9 Å². The first-order valence-electron chi connectivity index (χ1n) is 7.31. The molecule has 1 aromatic rings. The first kappa shape index (κ1) is 16.3. The predicted molar refractivity (Wildman–Crippen MR) is 79.0 cm³/mol. The fraction of sp³-hybridized carbons (Fsp3) is 0.750. The summed E-state index contributed by atoms with van der Waals surface area (Å²) in [7, 11) is 0. The van der Waals surface area contributed by atoms with Gasteiger partial charge < -0.3 is 14.5 Å². The SMILES string of the molecule is CCCC(C)COCc1ccc(CNC(C)(C)C)o1. The maximum absolute atomic E-state index is 5.73. The summed E-state index contributed by atoms with van der Waals surface area (Å²) in [5, 5.41) is 3.41. The van der Waals surface area contributed by atoms with E-state index in [0.717, 1.165) is 24.7 Å². The average molecular weight is 267 g/mol. The molecular formula is C16H29NO2. The average Bonchev–Trinajstić information content (AvgIpc) is 2.74. The smallest absolute Gasteiger partial charge is 0.129 e. The molecule has 3 nitrogen and oxygen atoms in total. The lowest BCUT2D eigenvalue weighted by Crippen LogP contribution is -2.34. The van der Waals surface area contributed by atoms with Gasteiger partial charge in [-0.1, -0.05) is 20.3 Å². The Morgan fingerprint density at radius 3 is 2.58 bits per heavy atom. The minimum atomic E-state index is 0.110. The van der Waals surface area contributed by atoms with E-state index in [1.165, 1.54) is 12.8 Å². The van der Waals surface area contributed by atoms with Gasteiger partial charge in [-0.15, -0.1) is 0 Å². The molecule has 1 rings (SSSR count). The highest BCUT2D eigenvalue weighted by molar-refractivity contribution is 5.06. The van der Waals surface area contributed by atoms with Gasteiger partial charge in [0.15, 0.2) is 0 Å². The van der Waals surface area contributed by atoms with Gasteiger partial charge in [-0.3, -0.25) is 0 Å². The van der Waals surface area contributed by atoms with Crippen LogP contribution in [0.25, 0.3) is 0 Å². The van der Waals surface area contributed by atoms with E-state index in [1.807, 2.05) is 12.1 Å². The largest absolute Gasteiger partial charge is 0.462 e. The number of nitrogens with one attached hydrogen (secondary N) is 1. The van der Waals surface area contributed by atoms with Crippen LogP contribution in [0, 0.1) is 5.92 Å². The molecule has 0 aromatic carbocycles. The van der Waals surface area contributed by atoms with Gasteiger partial charge in [0.25, 0.3) is 0 Å². The van der Waals surface area contributed by atoms with Crippen LogP contribution in [0.5, 0.6) is 0 Å². The first-order valence-corrected chi connectivity index (χ1v) is 7.31. The quantitative estimate of drug-likeness (QED) is 0.769. The van der Waals surface area contributed by atoms with Crippen molar-refractivity contribution in [1.29, 1.82) is 0 Å². The fourth-order valence-electron chi connectivity index (χ4n) is 1.88. The monoisotopic (exact) mass is 267 g/mol. The van der Waals surface area contributed by atoms with Crippen molar-refractivity contribution in [3.05, 3.63) is 23.7 Å². The number of hydrogen-bond acceptors (Lipinski definition) is 3. The van der Waals surface area contributed by atoms with E-state index in [-0.39, 0.29) is 5.54 Å². The molecular weight excluding hydrogens is 238 g/mol. The van der Waals surface area contributed by atoms with Crippen molar-refractivity contribution in [1.82, 2.24) is 5.32 Å². The van der Waals surface area contributed by atoms with Crippen LogP contribution in [-0.2, 0) is 17.9 Å². The molecule has 0 fully saturated rings. The van der Waals surface area contributed by atoms with E-state index in [1.54, 1.807) is 0 Å². The molecule has 1 aromatic heterocycles. The predicted octanol–water partition coefficient (Wildman–Crippen LogP) is 4.12. The van der Waals surface area contributed by atoms with Crippen LogP contribution in [0.15, 0.2) is 16.5 Å². The second-order valence-electron chi connectivity index (χ2n) is 6.38. The van der Waals surface area contributed by atoms with Crippen LogP contribution in [0.2, 0.25) is 0 Å². The lowest BCUT2D eigenvalue weighted by molar-refractivity contribution is 0.0768. The molecule has 0 aliphatic heterocycles. The molecule has 0 radical (unpaired) electrons. The molecule has 0 spiro atoms. The van der Waals surface area contributed by atoms with Crippen molar-refractivity contribution in [2.24, 2.45) is 5.92 Å². The van der Waals surface area contributed by atoms with Gasteiger partial charge in [-0.05, 0) is 45.2 Å². The van der Waals surface area contributed by atoms with Crippen LogP contribution < -0.4 is 5.32 Å². The van der Waals surface area contributed by atoms with Gasteiger partial charge in [0.2, 0.25) is 0 Å². The highest BCUT2D eigenvalue weighted by atomic mass is 16.5. The molecule has 0 saturated carbocycles. The molecule has 0 bridgehead atoms. The molecule has 0 amide bonds. The molecule has 1 atom stereocenters. The zero-order chi connectivity index (χ0) is 14.3. The summed E-state index contributed by atoms with van der Waals surface area (Å²) in [5.41, 5.74) is 0.110. The van der Waals surface area contributed by atoms with Crippen molar-refractivity contribution in [3.63, 3.8) is 0 Å². The van der Waals surface area contributed by atoms with E-state index in [9.17, 15) is 0 Å². The zero-order valence-electron chi connectivity index (χ0n) is 13.1. The van der Waals surface area contributed by atoms with Crippen LogP contribution in [-0.4, -0.2) is 12.1 Å². The molecule has 19 heavy (non-hydrogen) atoms. The highest BCUT2D eigenvalue weighted by Gasteiger charge is 2.10. The van der Waals surface area contributed by atoms with Crippen LogP contribution in [0.1, 0.15) is 59.0 Å². The van der Waals surface area contributed by atoms with E-state index in [4.69, 9.17) is 9.15 Å². The second-order valence-corrected chi connectivity index (χ2v) is 6.38. The molecule has 1 heterocycles. The molecule has 1 unspecified atom stereocenters. The van der Waals surface area contributed by atoms with Crippen LogP contribution >= 0.6 is 0 Å². The van der Waals surface area contributed by atoms with Gasteiger partial charge in [-0.25, -0.2) is 0 Å². The van der Waals surface area contributed by atoms with E-state index >= 15 is 0 Å². The Labute approximate surface area is 117 Å². The normalized spacial score (nSPS) is 13.7. The summed E-state index contributed by atoms with van der Waals surface area (Å²) >= 11 is 0. The number of rotatable bonds is 8. The Hall–Kier alpha value is -0.800. The van der Waals surface area contributed by atoms with Gasteiger partial charge >= 0.3 is 0 Å². The lowest BCUT2D eigenvalue weighted by atomic mass is 10.1. The Morgan fingerprint density at radius 2 is 1.95 bits per heavy atom. The summed E-state index contributed by atoms with van der Waals surface area (Å²) in [6.45, 7) is 13.0. The standard InChI is InChI=1S/C16H29NO2/c1-6-7-13(2)11-18-12-15-9-8-14(19-15)10-17-16(3,4)5/h8-9,13,17H,6-7,10-12H2,1-5H3. The molecule has 0 saturated heterocycles. The maximum atomic E-state index is 5.73. The van der Waals surface area contributed by atoms with Crippen LogP contribution in [0.3, 0.4) is 0 Å². The topological polar surface area (TPSA) is 34.4 Å². The molecule has 0 aliphatic rings. The third-order valence-electron chi connectivity index (χ3n) is 2.94. The van der Waals surface area contributed by atoms with Crippen molar-refractivity contribution in [2.75, 3.05) is 6.61 Å². The second kappa shape index (κ2) is 7.71. The summed E-state index contributed by atoms with van der Waals surface area (Å²) < 4.78 is 11.4. The molecule has 0 aliphatic carbocycles. The van der Waals surface area contributed by atoms with Gasteiger partial charge in [0.05, 0.1) is 6.54 Å². The van der Waals surface area contributed by atoms with Crippen molar-refractivity contribution >= 4 is 0 Å². The van der Waals surface area contributed by atoms with E-state index < -0.39 is 0 Å². The van der Waals surface area contributed by atoms with Crippen molar-refractivity contribution in [2.45, 2.75) is 66.2 Å². The minimum absolute atomic E-state index is 0.110. The Kier molecular flexibility index (Phi) is 6.59. The Bertz CT molecular complexity index is 352. The summed E-state index contributed by atoms with van der Waals surface area (Å²) in [5.74, 6) is 2.51. The minimum Gasteiger partial charge on any atom is -0.462 e. The van der Waals surface area contributed by atoms with Crippen molar-refractivity contribution < 1.29 is 9.15 Å². The third kappa shape index (κ3) is 7.38. The molecule has 3 heteroatoms. The number of furan rings is 1. The maximum Gasteiger partial charge on any atom is 0.129 e. The molecule has 110 valence electrons. The highest BCUT2D eigenvalue weighted by Crippen LogP contribution is 2.12. The number of hydrogen-bond donors (Lipinski definition) is 1. The van der Waals surface area contributed by atoms with E-state index in [0.29, 0.717) is 12.5 Å².